The van der Waals surface area contributed by atoms with E-state index in [4.69, 9.17) is 5.14 Å². The highest BCUT2D eigenvalue weighted by Gasteiger charge is 2.15. The zero-order valence-electron chi connectivity index (χ0n) is 18.4. The van der Waals surface area contributed by atoms with Crippen molar-refractivity contribution in [3.05, 3.63) is 65.2 Å². The molecule has 0 heterocycles. The summed E-state index contributed by atoms with van der Waals surface area (Å²) in [5, 5.41) is 21.9. The number of guanidine groups is 1. The Labute approximate surface area is 202 Å². The molecule has 31 heavy (non-hydrogen) atoms. The molecule has 0 aromatic heterocycles. The van der Waals surface area contributed by atoms with Gasteiger partial charge in [0.25, 0.3) is 0 Å². The molecule has 2 aromatic carbocycles. The fourth-order valence-electron chi connectivity index (χ4n) is 2.81. The van der Waals surface area contributed by atoms with Crippen LogP contribution in [0.3, 0.4) is 0 Å². The average Bonchev–Trinajstić information content (AvgIpc) is 2.69. The number of aliphatic imine (C=N–C) groups is 1. The Balaban J connectivity index is 0.00000480. The van der Waals surface area contributed by atoms with Crippen molar-refractivity contribution in [2.75, 3.05) is 13.1 Å². The lowest BCUT2D eigenvalue weighted by Crippen LogP contribution is -2.39. The topological polar surface area (TPSA) is 117 Å². The van der Waals surface area contributed by atoms with E-state index in [2.05, 4.69) is 36.4 Å². The molecular formula is C22H33IN4O3S. The summed E-state index contributed by atoms with van der Waals surface area (Å²) in [5.74, 6) is 0.568. The van der Waals surface area contributed by atoms with Gasteiger partial charge >= 0.3 is 0 Å². The number of benzene rings is 2. The van der Waals surface area contributed by atoms with Crippen molar-refractivity contribution in [2.45, 2.75) is 50.7 Å². The predicted molar refractivity (Wildman–Crippen MR) is 136 cm³/mol. The second kappa shape index (κ2) is 11.8. The van der Waals surface area contributed by atoms with Crippen molar-refractivity contribution in [2.24, 2.45) is 10.1 Å². The number of aliphatic hydroxyl groups is 1. The van der Waals surface area contributed by atoms with Crippen LogP contribution in [-0.2, 0) is 22.0 Å². The smallest absolute Gasteiger partial charge is 0.238 e. The molecule has 0 saturated heterocycles. The maximum Gasteiger partial charge on any atom is 0.238 e. The zero-order valence-corrected chi connectivity index (χ0v) is 21.6. The van der Waals surface area contributed by atoms with Crippen LogP contribution in [0, 0.1) is 0 Å². The van der Waals surface area contributed by atoms with Gasteiger partial charge in [0.15, 0.2) is 5.96 Å². The summed E-state index contributed by atoms with van der Waals surface area (Å²) in [7, 11) is -3.70. The molecule has 1 unspecified atom stereocenters. The molecule has 0 amide bonds. The van der Waals surface area contributed by atoms with E-state index in [9.17, 15) is 13.5 Å². The highest BCUT2D eigenvalue weighted by molar-refractivity contribution is 14.0. The van der Waals surface area contributed by atoms with Crippen molar-refractivity contribution in [1.29, 1.82) is 0 Å². The molecule has 0 bridgehead atoms. The normalized spacial score (nSPS) is 13.3. The Bertz CT molecular complexity index is 954. The fourth-order valence-corrected chi connectivity index (χ4v) is 3.33. The van der Waals surface area contributed by atoms with Crippen LogP contribution in [0.25, 0.3) is 0 Å². The minimum absolute atomic E-state index is 0. The van der Waals surface area contributed by atoms with Crippen molar-refractivity contribution < 1.29 is 13.5 Å². The Morgan fingerprint density at radius 1 is 1.06 bits per heavy atom. The molecule has 0 aliphatic rings. The molecule has 2 rings (SSSR count). The van der Waals surface area contributed by atoms with E-state index in [-0.39, 0.29) is 34.3 Å². The Morgan fingerprint density at radius 3 is 2.13 bits per heavy atom. The molecule has 0 radical (unpaired) electrons. The third kappa shape index (κ3) is 8.76. The first-order valence-electron chi connectivity index (χ1n) is 9.93. The number of nitrogens with zero attached hydrogens (tertiary/aromatic N) is 1. The molecule has 172 valence electrons. The SMILES string of the molecule is CCNC(=NCc1ccc(S(N)(=O)=O)cc1)NCC(O)c1ccc(C(C)(C)C)cc1.I. The number of primary sulfonamides is 1. The number of hydrogen-bond acceptors (Lipinski definition) is 4. The fraction of sp³-hybridized carbons (Fsp3) is 0.409. The second-order valence-electron chi connectivity index (χ2n) is 8.15. The molecule has 2 aromatic rings. The van der Waals surface area contributed by atoms with E-state index in [1.165, 1.54) is 17.7 Å². The standard InChI is InChI=1S/C22H32N4O3S.HI/c1-5-24-21(25-14-16-6-12-19(13-7-16)30(23,28)29)26-15-20(27)17-8-10-18(11-9-17)22(2,3)4;/h6-13,20,27H,5,14-15H2,1-4H3,(H2,23,28,29)(H2,24,25,26);1H. The van der Waals surface area contributed by atoms with Gasteiger partial charge in [-0.05, 0) is 41.2 Å². The summed E-state index contributed by atoms with van der Waals surface area (Å²) in [5.41, 5.74) is 2.97. The minimum Gasteiger partial charge on any atom is -0.387 e. The molecule has 7 nitrogen and oxygen atoms in total. The monoisotopic (exact) mass is 560 g/mol. The highest BCUT2D eigenvalue weighted by Crippen LogP contribution is 2.23. The lowest BCUT2D eigenvalue weighted by molar-refractivity contribution is 0.181. The Morgan fingerprint density at radius 2 is 1.65 bits per heavy atom. The molecule has 5 N–H and O–H groups in total. The lowest BCUT2D eigenvalue weighted by atomic mass is 9.86. The minimum atomic E-state index is -3.70. The average molecular weight is 561 g/mol. The molecule has 9 heteroatoms. The van der Waals surface area contributed by atoms with Crippen LogP contribution in [0.5, 0.6) is 0 Å². The van der Waals surface area contributed by atoms with Gasteiger partial charge in [0, 0.05) is 13.1 Å². The summed E-state index contributed by atoms with van der Waals surface area (Å²) in [6.45, 7) is 9.76. The molecular weight excluding hydrogens is 527 g/mol. The van der Waals surface area contributed by atoms with Crippen molar-refractivity contribution in [1.82, 2.24) is 10.6 Å². The number of hydrogen-bond donors (Lipinski definition) is 4. The Hall–Kier alpha value is -1.69. The van der Waals surface area contributed by atoms with Gasteiger partial charge in [0.1, 0.15) is 0 Å². The van der Waals surface area contributed by atoms with Crippen LogP contribution in [0.4, 0.5) is 0 Å². The van der Waals surface area contributed by atoms with Gasteiger partial charge in [0.05, 0.1) is 17.5 Å². The van der Waals surface area contributed by atoms with Crippen LogP contribution >= 0.6 is 24.0 Å². The van der Waals surface area contributed by atoms with Crippen molar-refractivity contribution in [3.8, 4) is 0 Å². The van der Waals surface area contributed by atoms with E-state index in [0.29, 0.717) is 25.6 Å². The summed E-state index contributed by atoms with van der Waals surface area (Å²) < 4.78 is 22.7. The van der Waals surface area contributed by atoms with Crippen LogP contribution in [0.2, 0.25) is 0 Å². The first kappa shape index (κ1) is 27.3. The van der Waals surface area contributed by atoms with Gasteiger partial charge in [-0.3, -0.25) is 0 Å². The quantitative estimate of drug-likeness (QED) is 0.236. The summed E-state index contributed by atoms with van der Waals surface area (Å²) in [4.78, 5) is 4.56. The summed E-state index contributed by atoms with van der Waals surface area (Å²) in [6.07, 6.45) is -0.670. The lowest BCUT2D eigenvalue weighted by Gasteiger charge is -2.20. The molecule has 0 saturated carbocycles. The predicted octanol–water partition coefficient (Wildman–Crippen LogP) is 3.04. The van der Waals surface area contributed by atoms with E-state index in [1.807, 2.05) is 31.2 Å². The van der Waals surface area contributed by atoms with E-state index >= 15 is 0 Å². The maximum atomic E-state index is 11.3. The Kier molecular flexibility index (Phi) is 10.4. The first-order valence-corrected chi connectivity index (χ1v) is 11.5. The van der Waals surface area contributed by atoms with Gasteiger partial charge in [-0.2, -0.15) is 0 Å². The number of halogens is 1. The van der Waals surface area contributed by atoms with Crippen LogP contribution in [0.15, 0.2) is 58.4 Å². The van der Waals surface area contributed by atoms with E-state index < -0.39 is 16.1 Å². The van der Waals surface area contributed by atoms with Crippen molar-refractivity contribution in [3.63, 3.8) is 0 Å². The van der Waals surface area contributed by atoms with Crippen LogP contribution < -0.4 is 15.8 Å². The van der Waals surface area contributed by atoms with Crippen LogP contribution in [0.1, 0.15) is 50.5 Å². The van der Waals surface area contributed by atoms with E-state index in [1.54, 1.807) is 12.1 Å². The second-order valence-corrected chi connectivity index (χ2v) is 9.71. The first-order chi connectivity index (χ1) is 14.0. The number of nitrogens with one attached hydrogen (secondary N) is 2. The molecule has 0 aliphatic carbocycles. The number of sulfonamides is 1. The largest absolute Gasteiger partial charge is 0.387 e. The number of rotatable bonds is 7. The molecule has 0 aliphatic heterocycles. The van der Waals surface area contributed by atoms with Gasteiger partial charge < -0.3 is 15.7 Å². The third-order valence-electron chi connectivity index (χ3n) is 4.64. The highest BCUT2D eigenvalue weighted by atomic mass is 127. The van der Waals surface area contributed by atoms with Gasteiger partial charge in [0.2, 0.25) is 10.0 Å². The van der Waals surface area contributed by atoms with Gasteiger partial charge in [-0.25, -0.2) is 18.5 Å². The van der Waals surface area contributed by atoms with Crippen molar-refractivity contribution >= 4 is 40.0 Å². The summed E-state index contributed by atoms with van der Waals surface area (Å²) in [6, 6.07) is 14.3. The van der Waals surface area contributed by atoms with Crippen LogP contribution in [-0.4, -0.2) is 32.6 Å². The molecule has 0 spiro atoms. The van der Waals surface area contributed by atoms with Gasteiger partial charge in [-0.1, -0.05) is 57.2 Å². The maximum absolute atomic E-state index is 11.3. The van der Waals surface area contributed by atoms with E-state index in [0.717, 1.165) is 11.1 Å². The molecule has 1 atom stereocenters. The number of aliphatic hydroxyl groups excluding tert-OH is 1. The summed E-state index contributed by atoms with van der Waals surface area (Å²) >= 11 is 0. The number of nitrogens with two attached hydrogens (primary N) is 1. The van der Waals surface area contributed by atoms with Gasteiger partial charge in [-0.15, -0.1) is 24.0 Å². The third-order valence-corrected chi connectivity index (χ3v) is 5.57. The zero-order chi connectivity index (χ0) is 22.4. The molecule has 0 fully saturated rings.